The molecule has 0 fully saturated rings. The van der Waals surface area contributed by atoms with E-state index >= 15 is 0 Å². The van der Waals surface area contributed by atoms with Crippen molar-refractivity contribution in [1.82, 2.24) is 9.97 Å². The Morgan fingerprint density at radius 2 is 2.07 bits per heavy atom. The van der Waals surface area contributed by atoms with E-state index in [9.17, 15) is 0 Å². The summed E-state index contributed by atoms with van der Waals surface area (Å²) in [6, 6.07) is 9.66. The molecule has 0 saturated carbocycles. The Morgan fingerprint density at radius 3 is 2.73 bits per heavy atom. The Bertz CT molecular complexity index is 420. The van der Waals surface area contributed by atoms with Gasteiger partial charge in [0.15, 0.2) is 0 Å². The molecule has 0 saturated heterocycles. The Hall–Kier alpha value is -1.61. The van der Waals surface area contributed by atoms with E-state index in [0.717, 1.165) is 17.0 Å². The number of halogens is 1. The van der Waals surface area contributed by atoms with E-state index in [0.29, 0.717) is 0 Å². The van der Waals surface area contributed by atoms with Crippen LogP contribution in [-0.4, -0.2) is 17.1 Å². The summed E-state index contributed by atoms with van der Waals surface area (Å²) in [5, 5.41) is 0. The highest BCUT2D eigenvalue weighted by molar-refractivity contribution is 5.85. The van der Waals surface area contributed by atoms with Crippen LogP contribution >= 0.6 is 12.4 Å². The van der Waals surface area contributed by atoms with Crippen LogP contribution in [0.1, 0.15) is 0 Å². The number of rotatable bonds is 2. The van der Waals surface area contributed by atoms with Gasteiger partial charge < -0.3 is 4.74 Å². The average Bonchev–Trinajstić information content (AvgIpc) is 2.30. The molecule has 78 valence electrons. The molecule has 0 unspecified atom stereocenters. The van der Waals surface area contributed by atoms with Crippen LogP contribution in [0.15, 0.2) is 42.9 Å². The van der Waals surface area contributed by atoms with E-state index in [1.807, 2.05) is 30.3 Å². The standard InChI is InChI=1S/C11H10N2O.ClH/c1-14-10-4-2-3-9(7-10)11-5-6-12-8-13-11;/h2-8H,1H3;1H. The normalized spacial score (nSPS) is 9.13. The van der Waals surface area contributed by atoms with Crippen molar-refractivity contribution in [3.05, 3.63) is 42.9 Å². The van der Waals surface area contributed by atoms with Gasteiger partial charge in [0, 0.05) is 11.8 Å². The van der Waals surface area contributed by atoms with Gasteiger partial charge in [-0.2, -0.15) is 0 Å². The van der Waals surface area contributed by atoms with E-state index in [1.165, 1.54) is 6.33 Å². The fraction of sp³-hybridized carbons (Fsp3) is 0.0909. The molecule has 2 rings (SSSR count). The second-order valence-electron chi connectivity index (χ2n) is 2.83. The van der Waals surface area contributed by atoms with E-state index in [2.05, 4.69) is 9.97 Å². The number of ether oxygens (including phenoxy) is 1. The lowest BCUT2D eigenvalue weighted by molar-refractivity contribution is 0.415. The monoisotopic (exact) mass is 222 g/mol. The molecule has 1 heterocycles. The predicted octanol–water partition coefficient (Wildman–Crippen LogP) is 2.57. The first-order valence-electron chi connectivity index (χ1n) is 4.30. The fourth-order valence-corrected chi connectivity index (χ4v) is 1.24. The summed E-state index contributed by atoms with van der Waals surface area (Å²) >= 11 is 0. The number of hydrogen-bond donors (Lipinski definition) is 0. The largest absolute Gasteiger partial charge is 0.497 e. The van der Waals surface area contributed by atoms with Crippen molar-refractivity contribution in [2.75, 3.05) is 7.11 Å². The molecule has 0 amide bonds. The summed E-state index contributed by atoms with van der Waals surface area (Å²) in [4.78, 5) is 8.03. The molecule has 4 heteroatoms. The average molecular weight is 223 g/mol. The molecule has 0 aliphatic rings. The third-order valence-electron chi connectivity index (χ3n) is 1.95. The van der Waals surface area contributed by atoms with Crippen molar-refractivity contribution < 1.29 is 4.74 Å². The van der Waals surface area contributed by atoms with Crippen molar-refractivity contribution in [3.63, 3.8) is 0 Å². The van der Waals surface area contributed by atoms with Gasteiger partial charge >= 0.3 is 0 Å². The van der Waals surface area contributed by atoms with Gasteiger partial charge in [-0.1, -0.05) is 12.1 Å². The van der Waals surface area contributed by atoms with Gasteiger partial charge in [-0.3, -0.25) is 0 Å². The van der Waals surface area contributed by atoms with Crippen molar-refractivity contribution >= 4 is 12.4 Å². The maximum absolute atomic E-state index is 5.13. The van der Waals surface area contributed by atoms with E-state index in [4.69, 9.17) is 4.74 Å². The first-order valence-corrected chi connectivity index (χ1v) is 4.30. The van der Waals surface area contributed by atoms with Crippen molar-refractivity contribution in [2.45, 2.75) is 0 Å². The predicted molar refractivity (Wildman–Crippen MR) is 61.3 cm³/mol. The first kappa shape index (κ1) is 11.5. The summed E-state index contributed by atoms with van der Waals surface area (Å²) in [5.74, 6) is 0.834. The van der Waals surface area contributed by atoms with Gasteiger partial charge in [0.2, 0.25) is 0 Å². The lowest BCUT2D eigenvalue weighted by Crippen LogP contribution is -1.86. The topological polar surface area (TPSA) is 35.0 Å². The zero-order valence-corrected chi connectivity index (χ0v) is 9.07. The number of nitrogens with zero attached hydrogens (tertiary/aromatic N) is 2. The molecule has 3 nitrogen and oxygen atoms in total. The molecule has 1 aromatic carbocycles. The van der Waals surface area contributed by atoms with Gasteiger partial charge in [-0.05, 0) is 18.2 Å². The van der Waals surface area contributed by atoms with Crippen LogP contribution in [0.4, 0.5) is 0 Å². The summed E-state index contributed by atoms with van der Waals surface area (Å²) in [6.45, 7) is 0. The summed E-state index contributed by atoms with van der Waals surface area (Å²) < 4.78 is 5.13. The van der Waals surface area contributed by atoms with Gasteiger partial charge in [-0.25, -0.2) is 9.97 Å². The molecular formula is C11H11ClN2O. The lowest BCUT2D eigenvalue weighted by Gasteiger charge is -2.02. The van der Waals surface area contributed by atoms with Crippen LogP contribution < -0.4 is 4.74 Å². The minimum atomic E-state index is 0. The van der Waals surface area contributed by atoms with Crippen molar-refractivity contribution in [1.29, 1.82) is 0 Å². The molecule has 0 spiro atoms. The number of methoxy groups -OCH3 is 1. The lowest BCUT2D eigenvalue weighted by atomic mass is 10.1. The van der Waals surface area contributed by atoms with Crippen molar-refractivity contribution in [3.8, 4) is 17.0 Å². The van der Waals surface area contributed by atoms with Crippen molar-refractivity contribution in [2.24, 2.45) is 0 Å². The quantitative estimate of drug-likeness (QED) is 0.784. The highest BCUT2D eigenvalue weighted by atomic mass is 35.5. The van der Waals surface area contributed by atoms with Crippen LogP contribution in [0.5, 0.6) is 5.75 Å². The number of benzene rings is 1. The molecule has 0 radical (unpaired) electrons. The summed E-state index contributed by atoms with van der Waals surface area (Å²) in [5.41, 5.74) is 1.94. The highest BCUT2D eigenvalue weighted by Crippen LogP contribution is 2.20. The Kier molecular flexibility index (Phi) is 4.06. The third kappa shape index (κ3) is 2.67. The van der Waals surface area contributed by atoms with Gasteiger partial charge in [0.05, 0.1) is 12.8 Å². The van der Waals surface area contributed by atoms with Gasteiger partial charge in [0.25, 0.3) is 0 Å². The van der Waals surface area contributed by atoms with E-state index < -0.39 is 0 Å². The zero-order chi connectivity index (χ0) is 9.80. The summed E-state index contributed by atoms with van der Waals surface area (Å²) in [7, 11) is 1.65. The Morgan fingerprint density at radius 1 is 1.20 bits per heavy atom. The fourth-order valence-electron chi connectivity index (χ4n) is 1.24. The molecule has 0 atom stereocenters. The third-order valence-corrected chi connectivity index (χ3v) is 1.95. The van der Waals surface area contributed by atoms with Crippen LogP contribution in [0.25, 0.3) is 11.3 Å². The first-order chi connectivity index (χ1) is 6.90. The van der Waals surface area contributed by atoms with E-state index in [1.54, 1.807) is 13.3 Å². The summed E-state index contributed by atoms with van der Waals surface area (Å²) in [6.07, 6.45) is 3.26. The maximum atomic E-state index is 5.13. The Labute approximate surface area is 94.6 Å². The van der Waals surface area contributed by atoms with E-state index in [-0.39, 0.29) is 12.4 Å². The molecule has 1 aromatic heterocycles. The number of aromatic nitrogens is 2. The second-order valence-corrected chi connectivity index (χ2v) is 2.83. The molecule has 2 aromatic rings. The minimum Gasteiger partial charge on any atom is -0.497 e. The van der Waals surface area contributed by atoms with Crippen LogP contribution in [0.2, 0.25) is 0 Å². The Balaban J connectivity index is 0.00000112. The molecular weight excluding hydrogens is 212 g/mol. The van der Waals surface area contributed by atoms with Gasteiger partial charge in [-0.15, -0.1) is 12.4 Å². The maximum Gasteiger partial charge on any atom is 0.119 e. The number of hydrogen-bond acceptors (Lipinski definition) is 3. The minimum absolute atomic E-state index is 0. The molecule has 0 aliphatic heterocycles. The van der Waals surface area contributed by atoms with Crippen LogP contribution in [0, 0.1) is 0 Å². The van der Waals surface area contributed by atoms with Crippen LogP contribution in [0.3, 0.4) is 0 Å². The smallest absolute Gasteiger partial charge is 0.119 e. The molecule has 15 heavy (non-hydrogen) atoms. The molecule has 0 N–H and O–H groups in total. The van der Waals surface area contributed by atoms with Crippen LogP contribution in [-0.2, 0) is 0 Å². The van der Waals surface area contributed by atoms with Gasteiger partial charge in [0.1, 0.15) is 12.1 Å². The zero-order valence-electron chi connectivity index (χ0n) is 8.25. The highest BCUT2D eigenvalue weighted by Gasteiger charge is 1.99. The SMILES string of the molecule is COc1cccc(-c2ccncn2)c1.Cl. The molecule has 0 bridgehead atoms. The second kappa shape index (κ2) is 5.32. The molecule has 0 aliphatic carbocycles.